The van der Waals surface area contributed by atoms with E-state index in [2.05, 4.69) is 43.3 Å². The highest BCUT2D eigenvalue weighted by atomic mass is 16.3. The van der Waals surface area contributed by atoms with E-state index in [1.165, 1.54) is 6.42 Å². The van der Waals surface area contributed by atoms with Gasteiger partial charge in [0.05, 0.1) is 18.5 Å². The molecule has 0 aliphatic heterocycles. The lowest BCUT2D eigenvalue weighted by atomic mass is 9.62. The normalized spacial score (nSPS) is 19.4. The van der Waals surface area contributed by atoms with E-state index in [1.807, 2.05) is 10.9 Å². The van der Waals surface area contributed by atoms with Crippen molar-refractivity contribution in [3.8, 4) is 0 Å². The SMILES string of the molecule is CC(C)C(NCc1cn(C(C)C)nn1)C1(CO)CCC1. The fraction of sp³-hybridized carbons (Fsp3) is 0.867. The Morgan fingerprint density at radius 1 is 1.35 bits per heavy atom. The first-order chi connectivity index (χ1) is 9.48. The van der Waals surface area contributed by atoms with Crippen molar-refractivity contribution in [3.63, 3.8) is 0 Å². The Labute approximate surface area is 121 Å². The van der Waals surface area contributed by atoms with Crippen molar-refractivity contribution in [2.24, 2.45) is 11.3 Å². The third-order valence-corrected chi connectivity index (χ3v) is 4.58. The molecule has 2 rings (SSSR count). The quantitative estimate of drug-likeness (QED) is 0.803. The molecule has 0 spiro atoms. The number of aliphatic hydroxyl groups is 1. The summed E-state index contributed by atoms with van der Waals surface area (Å²) in [6, 6.07) is 0.679. The molecule has 1 aliphatic rings. The van der Waals surface area contributed by atoms with Crippen LogP contribution in [0.3, 0.4) is 0 Å². The van der Waals surface area contributed by atoms with E-state index in [0.717, 1.165) is 25.1 Å². The number of hydrogen-bond acceptors (Lipinski definition) is 4. The van der Waals surface area contributed by atoms with Gasteiger partial charge >= 0.3 is 0 Å². The van der Waals surface area contributed by atoms with E-state index in [0.29, 0.717) is 18.0 Å². The second-order valence-electron chi connectivity index (χ2n) is 6.76. The Kier molecular flexibility index (Phi) is 4.81. The van der Waals surface area contributed by atoms with Crippen LogP contribution in [0.4, 0.5) is 0 Å². The molecule has 114 valence electrons. The molecule has 0 amide bonds. The first-order valence-corrected chi connectivity index (χ1v) is 7.73. The van der Waals surface area contributed by atoms with Crippen LogP contribution in [0.1, 0.15) is 58.7 Å². The average molecular weight is 280 g/mol. The van der Waals surface area contributed by atoms with Crippen LogP contribution < -0.4 is 5.32 Å². The van der Waals surface area contributed by atoms with Gasteiger partial charge in [-0.2, -0.15) is 0 Å². The van der Waals surface area contributed by atoms with Crippen molar-refractivity contribution in [1.29, 1.82) is 0 Å². The van der Waals surface area contributed by atoms with E-state index in [1.54, 1.807) is 0 Å². The predicted octanol–water partition coefficient (Wildman–Crippen LogP) is 2.14. The van der Waals surface area contributed by atoms with Crippen molar-refractivity contribution in [3.05, 3.63) is 11.9 Å². The third-order valence-electron chi connectivity index (χ3n) is 4.58. The number of nitrogens with zero attached hydrogens (tertiary/aromatic N) is 3. The summed E-state index contributed by atoms with van der Waals surface area (Å²) >= 11 is 0. The van der Waals surface area contributed by atoms with Gasteiger partial charge in [0, 0.05) is 24.0 Å². The van der Waals surface area contributed by atoms with Gasteiger partial charge < -0.3 is 10.4 Å². The average Bonchev–Trinajstić information content (AvgIpc) is 2.80. The zero-order valence-electron chi connectivity index (χ0n) is 13.1. The Hall–Kier alpha value is -0.940. The second-order valence-corrected chi connectivity index (χ2v) is 6.76. The molecule has 1 fully saturated rings. The number of aliphatic hydroxyl groups excluding tert-OH is 1. The highest BCUT2D eigenvalue weighted by Crippen LogP contribution is 2.45. The topological polar surface area (TPSA) is 63.0 Å². The van der Waals surface area contributed by atoms with Crippen molar-refractivity contribution in [1.82, 2.24) is 20.3 Å². The molecule has 1 saturated carbocycles. The Bertz CT molecular complexity index is 418. The maximum absolute atomic E-state index is 9.76. The Balaban J connectivity index is 1.98. The molecule has 5 heteroatoms. The molecule has 1 atom stereocenters. The van der Waals surface area contributed by atoms with Crippen LogP contribution >= 0.6 is 0 Å². The van der Waals surface area contributed by atoms with Crippen LogP contribution in [0.5, 0.6) is 0 Å². The number of nitrogens with one attached hydrogen (secondary N) is 1. The highest BCUT2D eigenvalue weighted by Gasteiger charge is 2.44. The Morgan fingerprint density at radius 3 is 2.45 bits per heavy atom. The van der Waals surface area contributed by atoms with E-state index in [-0.39, 0.29) is 12.0 Å². The molecule has 2 N–H and O–H groups in total. The molecule has 0 radical (unpaired) electrons. The molecule has 0 aromatic carbocycles. The Morgan fingerprint density at radius 2 is 2.05 bits per heavy atom. The largest absolute Gasteiger partial charge is 0.396 e. The molecule has 1 aromatic rings. The van der Waals surface area contributed by atoms with Crippen LogP contribution in [0.2, 0.25) is 0 Å². The first-order valence-electron chi connectivity index (χ1n) is 7.73. The maximum atomic E-state index is 9.76. The minimum atomic E-state index is 0.0716. The smallest absolute Gasteiger partial charge is 0.0965 e. The van der Waals surface area contributed by atoms with Crippen molar-refractivity contribution in [2.75, 3.05) is 6.61 Å². The predicted molar refractivity (Wildman–Crippen MR) is 79.2 cm³/mol. The number of aromatic nitrogens is 3. The van der Waals surface area contributed by atoms with Crippen molar-refractivity contribution in [2.45, 2.75) is 65.6 Å². The van der Waals surface area contributed by atoms with Gasteiger partial charge in [0.1, 0.15) is 0 Å². The van der Waals surface area contributed by atoms with Crippen molar-refractivity contribution < 1.29 is 5.11 Å². The van der Waals surface area contributed by atoms with Gasteiger partial charge in [0.15, 0.2) is 0 Å². The highest BCUT2D eigenvalue weighted by molar-refractivity contribution is 5.00. The molecule has 5 nitrogen and oxygen atoms in total. The molecule has 1 aliphatic carbocycles. The summed E-state index contributed by atoms with van der Waals surface area (Å²) in [5, 5.41) is 21.7. The van der Waals surface area contributed by atoms with Crippen LogP contribution in [-0.4, -0.2) is 32.7 Å². The lowest BCUT2D eigenvalue weighted by molar-refractivity contribution is -0.0102. The van der Waals surface area contributed by atoms with Crippen LogP contribution in [0, 0.1) is 11.3 Å². The zero-order valence-corrected chi connectivity index (χ0v) is 13.1. The molecular weight excluding hydrogens is 252 g/mol. The van der Waals surface area contributed by atoms with Gasteiger partial charge in [-0.3, -0.25) is 0 Å². The number of rotatable bonds is 7. The van der Waals surface area contributed by atoms with Crippen LogP contribution in [0.15, 0.2) is 6.20 Å². The minimum absolute atomic E-state index is 0.0716. The summed E-state index contributed by atoms with van der Waals surface area (Å²) in [6.45, 7) is 9.63. The molecule has 20 heavy (non-hydrogen) atoms. The fourth-order valence-electron chi connectivity index (χ4n) is 3.22. The summed E-state index contributed by atoms with van der Waals surface area (Å²) in [4.78, 5) is 0. The summed E-state index contributed by atoms with van der Waals surface area (Å²) in [6.07, 6.45) is 5.48. The molecule has 1 aromatic heterocycles. The van der Waals surface area contributed by atoms with Gasteiger partial charge in [-0.05, 0) is 32.6 Å². The summed E-state index contributed by atoms with van der Waals surface area (Å²) in [7, 11) is 0. The van der Waals surface area contributed by atoms with Crippen LogP contribution in [0.25, 0.3) is 0 Å². The molecule has 0 saturated heterocycles. The summed E-state index contributed by atoms with van der Waals surface area (Å²) in [5.41, 5.74) is 1.04. The van der Waals surface area contributed by atoms with Crippen LogP contribution in [-0.2, 0) is 6.54 Å². The van der Waals surface area contributed by atoms with E-state index in [9.17, 15) is 5.11 Å². The molecular formula is C15H28N4O. The monoisotopic (exact) mass is 280 g/mol. The minimum Gasteiger partial charge on any atom is -0.396 e. The van der Waals surface area contributed by atoms with Gasteiger partial charge in [-0.15, -0.1) is 5.10 Å². The third kappa shape index (κ3) is 3.04. The maximum Gasteiger partial charge on any atom is 0.0965 e. The standard InChI is InChI=1S/C15H28N4O/c1-11(2)14(15(10-20)6-5-7-15)16-8-13-9-19(12(3)4)18-17-13/h9,11-12,14,16,20H,5-8,10H2,1-4H3. The zero-order chi connectivity index (χ0) is 14.8. The second kappa shape index (κ2) is 6.22. The van der Waals surface area contributed by atoms with Gasteiger partial charge in [0.2, 0.25) is 0 Å². The van der Waals surface area contributed by atoms with Gasteiger partial charge in [-0.25, -0.2) is 4.68 Å². The molecule has 0 bridgehead atoms. The lowest BCUT2D eigenvalue weighted by Crippen LogP contribution is -2.54. The van der Waals surface area contributed by atoms with E-state index < -0.39 is 0 Å². The summed E-state index contributed by atoms with van der Waals surface area (Å²) < 4.78 is 1.88. The van der Waals surface area contributed by atoms with E-state index >= 15 is 0 Å². The fourth-order valence-corrected chi connectivity index (χ4v) is 3.22. The first kappa shape index (κ1) is 15.4. The summed E-state index contributed by atoms with van der Waals surface area (Å²) in [5.74, 6) is 0.502. The van der Waals surface area contributed by atoms with Gasteiger partial charge in [0.25, 0.3) is 0 Å². The lowest BCUT2D eigenvalue weighted by Gasteiger charge is -2.48. The van der Waals surface area contributed by atoms with E-state index in [4.69, 9.17) is 0 Å². The van der Waals surface area contributed by atoms with Crippen molar-refractivity contribution >= 4 is 0 Å². The molecule has 1 unspecified atom stereocenters. The molecule has 1 heterocycles. The van der Waals surface area contributed by atoms with Gasteiger partial charge in [-0.1, -0.05) is 25.5 Å². The number of hydrogen-bond donors (Lipinski definition) is 2.